The molecule has 81 heavy (non-hydrogen) atoms. The van der Waals surface area contributed by atoms with E-state index >= 15 is 0 Å². The Hall–Kier alpha value is -6.73. The number of aryl methyl sites for hydroxylation is 1. The Morgan fingerprint density at radius 1 is 0.914 bits per heavy atom. The van der Waals surface area contributed by atoms with Gasteiger partial charge in [0.2, 0.25) is 11.8 Å². The fraction of sp³-hybridized carbons (Fsp3) is 0.508. The van der Waals surface area contributed by atoms with E-state index in [1.165, 1.54) is 18.4 Å². The monoisotopic (exact) mass is 1110 g/mol. The highest BCUT2D eigenvalue weighted by molar-refractivity contribution is 7.13. The van der Waals surface area contributed by atoms with Gasteiger partial charge in [-0.1, -0.05) is 75.3 Å². The van der Waals surface area contributed by atoms with Gasteiger partial charge in [0.05, 0.1) is 38.7 Å². The Labute approximate surface area is 478 Å². The summed E-state index contributed by atoms with van der Waals surface area (Å²) in [7, 11) is 0. The zero-order valence-corrected chi connectivity index (χ0v) is 48.5. The van der Waals surface area contributed by atoms with Crippen molar-refractivity contribution in [3.8, 4) is 33.5 Å². The van der Waals surface area contributed by atoms with Gasteiger partial charge in [-0.3, -0.25) is 24.4 Å². The third-order valence-electron chi connectivity index (χ3n) is 18.8. The number of ether oxygens (including phenoxy) is 1. The molecule has 3 unspecified atom stereocenters. The van der Waals surface area contributed by atoms with Crippen LogP contribution >= 0.6 is 11.3 Å². The van der Waals surface area contributed by atoms with Crippen LogP contribution in [-0.2, 0) is 9.59 Å². The van der Waals surface area contributed by atoms with Gasteiger partial charge in [0.1, 0.15) is 30.1 Å². The van der Waals surface area contributed by atoms with E-state index in [1.807, 2.05) is 57.6 Å². The van der Waals surface area contributed by atoms with Gasteiger partial charge in [0.15, 0.2) is 11.6 Å². The maximum Gasteiger partial charge on any atom is 0.319 e. The van der Waals surface area contributed by atoms with E-state index in [4.69, 9.17) is 24.2 Å². The number of piperazine rings is 2. The molecule has 5 aliphatic heterocycles. The van der Waals surface area contributed by atoms with Crippen LogP contribution in [0.5, 0.6) is 11.8 Å². The second kappa shape index (κ2) is 21.9. The second-order valence-corrected chi connectivity index (χ2v) is 25.6. The molecule has 13 rings (SSSR count). The summed E-state index contributed by atoms with van der Waals surface area (Å²) in [6.45, 7) is 22.9. The van der Waals surface area contributed by atoms with E-state index in [0.29, 0.717) is 43.4 Å². The lowest BCUT2D eigenvalue weighted by molar-refractivity contribution is -0.141. The van der Waals surface area contributed by atoms with Gasteiger partial charge in [-0.25, -0.2) is 4.98 Å². The Morgan fingerprint density at radius 3 is 2.43 bits per heavy atom. The van der Waals surface area contributed by atoms with Crippen molar-refractivity contribution < 1.29 is 24.0 Å². The number of carbonyl (C=O) groups is 2. The summed E-state index contributed by atoms with van der Waals surface area (Å²) in [5.74, 6) is 1.68. The number of rotatable bonds is 15. The van der Waals surface area contributed by atoms with Crippen molar-refractivity contribution in [2.24, 2.45) is 11.3 Å². The SMILES string of the molecule is Cc1ncsc1-c1ccc([C@H](C)NC(=O)[C@@H]2CCCN2C(=O)[C@H](c2cc(N3CCN(CC4(C)CCN(CCOc5nc(N6CC7CCC(C6)N7)c6cnc7c(c6n5)C(C)c5cccc6cc(O)cc-7c56)CC4)CC3)no2)C(C)C)cc1. The smallest absolute Gasteiger partial charge is 0.319 e. The molecule has 0 radical (unpaired) electrons. The van der Waals surface area contributed by atoms with Crippen molar-refractivity contribution >= 4 is 56.5 Å². The number of hydrogen-bond donors (Lipinski definition) is 3. The number of aromatic hydroxyl groups is 1. The summed E-state index contributed by atoms with van der Waals surface area (Å²) in [6, 6.07) is 20.8. The molecule has 3 aromatic carbocycles. The summed E-state index contributed by atoms with van der Waals surface area (Å²) >= 11 is 1.62. The van der Waals surface area contributed by atoms with Crippen LogP contribution in [0.4, 0.5) is 11.6 Å². The van der Waals surface area contributed by atoms with Crippen molar-refractivity contribution in [3.63, 3.8) is 0 Å². The molecule has 7 aromatic rings. The van der Waals surface area contributed by atoms with Crippen molar-refractivity contribution in [2.75, 3.05) is 88.4 Å². The van der Waals surface area contributed by atoms with Gasteiger partial charge < -0.3 is 39.7 Å². The number of pyridine rings is 1. The molecule has 2 bridgehead atoms. The Kier molecular flexibility index (Phi) is 14.5. The number of thiazole rings is 1. The first-order valence-corrected chi connectivity index (χ1v) is 30.5. The zero-order valence-electron chi connectivity index (χ0n) is 47.7. The molecule has 0 saturated carbocycles. The van der Waals surface area contributed by atoms with Crippen molar-refractivity contribution in [1.29, 1.82) is 0 Å². The van der Waals surface area contributed by atoms with Crippen LogP contribution < -0.4 is 25.2 Å². The molecular formula is C63H76N12O5S. The Balaban J connectivity index is 0.608. The average molecular weight is 1110 g/mol. The second-order valence-electron chi connectivity index (χ2n) is 24.7. The number of likely N-dealkylation sites (tertiary alicyclic amines) is 2. The first-order valence-electron chi connectivity index (χ1n) is 29.6. The van der Waals surface area contributed by atoms with Gasteiger partial charge in [0, 0.05) is 100 Å². The minimum absolute atomic E-state index is 0.0322. The Morgan fingerprint density at radius 2 is 1.69 bits per heavy atom. The number of hydrogen-bond acceptors (Lipinski definition) is 16. The van der Waals surface area contributed by atoms with Gasteiger partial charge in [-0.15, -0.1) is 11.3 Å². The van der Waals surface area contributed by atoms with Crippen LogP contribution in [0.25, 0.3) is 43.4 Å². The molecule has 5 fully saturated rings. The summed E-state index contributed by atoms with van der Waals surface area (Å²) < 4.78 is 12.6. The molecular weight excluding hydrogens is 1040 g/mol. The molecule has 424 valence electrons. The van der Waals surface area contributed by atoms with Crippen molar-refractivity contribution in [2.45, 2.75) is 116 Å². The summed E-state index contributed by atoms with van der Waals surface area (Å²) in [4.78, 5) is 61.0. The van der Waals surface area contributed by atoms with E-state index in [-0.39, 0.29) is 40.9 Å². The highest BCUT2D eigenvalue weighted by atomic mass is 32.1. The van der Waals surface area contributed by atoms with Crippen LogP contribution in [0.15, 0.2) is 76.9 Å². The predicted octanol–water partition coefficient (Wildman–Crippen LogP) is 9.29. The molecule has 3 N–H and O–H groups in total. The lowest BCUT2D eigenvalue weighted by atomic mass is 9.79. The number of nitrogens with one attached hydrogen (secondary N) is 2. The molecule has 1 aliphatic carbocycles. The number of carbonyl (C=O) groups excluding carboxylic acids is 2. The highest BCUT2D eigenvalue weighted by Gasteiger charge is 2.42. The van der Waals surface area contributed by atoms with Crippen molar-refractivity contribution in [3.05, 3.63) is 101 Å². The molecule has 18 heteroatoms. The van der Waals surface area contributed by atoms with Gasteiger partial charge in [-0.2, -0.15) is 9.97 Å². The predicted molar refractivity (Wildman–Crippen MR) is 317 cm³/mol. The fourth-order valence-corrected chi connectivity index (χ4v) is 15.0. The number of aromatic nitrogens is 5. The van der Waals surface area contributed by atoms with E-state index in [9.17, 15) is 14.7 Å². The number of benzene rings is 3. The number of phenolic OH excluding ortho intramolecular Hbond substituents is 1. The molecule has 0 spiro atoms. The quantitative estimate of drug-likeness (QED) is 0.0883. The van der Waals surface area contributed by atoms with Crippen LogP contribution in [0.1, 0.15) is 119 Å². The number of fused-ring (bicyclic) bond motifs is 6. The molecule has 17 nitrogen and oxygen atoms in total. The number of amides is 2. The Bertz CT molecular complexity index is 3460. The third-order valence-corrected chi connectivity index (χ3v) is 19.8. The van der Waals surface area contributed by atoms with E-state index in [1.54, 1.807) is 16.2 Å². The van der Waals surface area contributed by atoms with Crippen LogP contribution in [0.3, 0.4) is 0 Å². The van der Waals surface area contributed by atoms with Crippen molar-refractivity contribution in [1.82, 2.24) is 50.4 Å². The third kappa shape index (κ3) is 10.4. The number of nitrogens with zero attached hydrogens (tertiary/aromatic N) is 10. The minimum atomic E-state index is -0.545. The molecule has 9 heterocycles. The van der Waals surface area contributed by atoms with E-state index in [2.05, 4.69) is 96.7 Å². The largest absolute Gasteiger partial charge is 0.508 e. The van der Waals surface area contributed by atoms with Crippen LogP contribution in [0, 0.1) is 18.3 Å². The molecule has 2 amide bonds. The van der Waals surface area contributed by atoms with E-state index < -0.39 is 12.0 Å². The molecule has 5 saturated heterocycles. The summed E-state index contributed by atoms with van der Waals surface area (Å²) in [5, 5.41) is 25.5. The minimum Gasteiger partial charge on any atom is -0.508 e. The normalized spacial score (nSPS) is 22.6. The van der Waals surface area contributed by atoms with Gasteiger partial charge in [-0.05, 0) is 116 Å². The van der Waals surface area contributed by atoms with Crippen LogP contribution in [0.2, 0.25) is 0 Å². The first-order chi connectivity index (χ1) is 39.2. The maximum absolute atomic E-state index is 14.4. The van der Waals surface area contributed by atoms with Gasteiger partial charge in [0.25, 0.3) is 0 Å². The van der Waals surface area contributed by atoms with E-state index in [0.717, 1.165) is 157 Å². The van der Waals surface area contributed by atoms with Crippen LogP contribution in [-0.4, -0.2) is 153 Å². The molecule has 6 aliphatic rings. The molecule has 4 aromatic heterocycles. The molecule has 6 atom stereocenters. The average Bonchev–Trinajstić information content (AvgIpc) is 4.43. The fourth-order valence-electron chi connectivity index (χ4n) is 14.2. The first kappa shape index (κ1) is 53.6. The lowest BCUT2D eigenvalue weighted by Gasteiger charge is -2.44. The standard InChI is InChI=1S/C63H76N12O5S/c1-37(2)53(61(78)75-20-8-11-50(75)60(77)66-39(4)41-12-14-42(15-13-41)58-40(5)65-36-81-58)51-31-52(70-80-51)73-25-23-72(24-26-73)35-63(6)18-21-71(22-19-63)27-28-79-62-68-57-49(59(69-62)74-33-44-16-17-45(34-74)67-44)32-64-56-48-30-46(76)29-43-9-7-10-47(55(43)48)38(3)54(56)57/h7,9-10,12-15,29-32,36-39,44-45,50,53,67,76H,8,11,16-28,33-35H2,1-6H3,(H,66,77)/t38?,39-,44?,45?,50-,53-/m0/s1. The zero-order chi connectivity index (χ0) is 55.7. The highest BCUT2D eigenvalue weighted by Crippen LogP contribution is 2.49. The number of phenols is 1. The summed E-state index contributed by atoms with van der Waals surface area (Å²) in [6.07, 6.45) is 7.89. The maximum atomic E-state index is 14.4. The van der Waals surface area contributed by atoms with Gasteiger partial charge >= 0.3 is 6.01 Å². The lowest BCUT2D eigenvalue weighted by Crippen LogP contribution is -2.51. The number of piperidine rings is 1. The number of anilines is 2. The summed E-state index contributed by atoms with van der Waals surface area (Å²) in [5.41, 5.74) is 10.1. The topological polar surface area (TPSA) is 181 Å².